The monoisotopic (exact) mass is 216 g/mol. The zero-order valence-corrected chi connectivity index (χ0v) is 9.74. The minimum absolute atomic E-state index is 0.0215. The Bertz CT molecular complexity index is 227. The van der Waals surface area contributed by atoms with Crippen molar-refractivity contribution in [2.24, 2.45) is 11.7 Å². The lowest BCUT2D eigenvalue weighted by molar-refractivity contribution is -0.152. The van der Waals surface area contributed by atoms with Gasteiger partial charge in [0.05, 0.1) is 12.6 Å². The Balaban J connectivity index is 4.39. The molecule has 5 heteroatoms. The minimum atomic E-state index is -0.622. The second-order valence-electron chi connectivity index (χ2n) is 3.98. The van der Waals surface area contributed by atoms with Crippen LogP contribution in [0.25, 0.3) is 0 Å². The first kappa shape index (κ1) is 13.9. The van der Waals surface area contributed by atoms with Crippen molar-refractivity contribution in [2.75, 3.05) is 6.54 Å². The predicted octanol–water partition coefficient (Wildman–Crippen LogP) is 0.0375. The Kier molecular flexibility index (Phi) is 5.93. The van der Waals surface area contributed by atoms with Crippen LogP contribution in [0.15, 0.2) is 0 Å². The molecule has 0 aromatic heterocycles. The molecule has 0 spiro atoms. The molecule has 88 valence electrons. The van der Waals surface area contributed by atoms with Crippen molar-refractivity contribution in [3.05, 3.63) is 0 Å². The fraction of sp³-hybridized carbons (Fsp3) is 0.800. The van der Waals surface area contributed by atoms with Crippen molar-refractivity contribution in [3.63, 3.8) is 0 Å². The lowest BCUT2D eigenvalue weighted by atomic mass is 10.0. The number of nitrogens with two attached hydrogens (primary N) is 1. The summed E-state index contributed by atoms with van der Waals surface area (Å²) in [5.41, 5.74) is 5.16. The third-order valence-corrected chi connectivity index (χ3v) is 1.77. The molecule has 0 rings (SSSR count). The van der Waals surface area contributed by atoms with Crippen LogP contribution in [0.4, 0.5) is 0 Å². The maximum atomic E-state index is 11.6. The van der Waals surface area contributed by atoms with Gasteiger partial charge >= 0.3 is 5.97 Å². The molecule has 0 saturated heterocycles. The van der Waals surface area contributed by atoms with E-state index in [9.17, 15) is 9.59 Å². The highest BCUT2D eigenvalue weighted by atomic mass is 16.5. The number of hydrogen-bond acceptors (Lipinski definition) is 4. The third kappa shape index (κ3) is 5.37. The van der Waals surface area contributed by atoms with E-state index in [1.165, 1.54) is 0 Å². The molecule has 0 bridgehead atoms. The van der Waals surface area contributed by atoms with Crippen LogP contribution in [-0.4, -0.2) is 30.6 Å². The molecule has 5 nitrogen and oxygen atoms in total. The first-order valence-corrected chi connectivity index (χ1v) is 5.08. The number of carbonyl (C=O) groups is 2. The molecule has 0 saturated carbocycles. The molecule has 0 aliphatic rings. The zero-order chi connectivity index (χ0) is 12.0. The van der Waals surface area contributed by atoms with Crippen LogP contribution in [0.5, 0.6) is 0 Å². The molecule has 3 N–H and O–H groups in total. The minimum Gasteiger partial charge on any atom is -0.461 e. The number of amides is 1. The van der Waals surface area contributed by atoms with E-state index < -0.39 is 12.0 Å². The molecular formula is C10H20N2O3. The molecule has 0 radical (unpaired) electrons. The highest BCUT2D eigenvalue weighted by Gasteiger charge is 2.25. The summed E-state index contributed by atoms with van der Waals surface area (Å²) in [5.74, 6) is -0.789. The molecule has 0 aliphatic heterocycles. The average molecular weight is 216 g/mol. The van der Waals surface area contributed by atoms with Gasteiger partial charge in [-0.2, -0.15) is 0 Å². The van der Waals surface area contributed by atoms with Crippen molar-refractivity contribution in [2.45, 2.75) is 39.8 Å². The van der Waals surface area contributed by atoms with Gasteiger partial charge in [0, 0.05) is 0 Å². The van der Waals surface area contributed by atoms with Crippen molar-refractivity contribution in [3.8, 4) is 0 Å². The van der Waals surface area contributed by atoms with Gasteiger partial charge in [-0.3, -0.25) is 4.79 Å². The Morgan fingerprint density at radius 1 is 1.27 bits per heavy atom. The summed E-state index contributed by atoms with van der Waals surface area (Å²) in [4.78, 5) is 22.6. The van der Waals surface area contributed by atoms with E-state index in [1.807, 2.05) is 13.8 Å². The highest BCUT2D eigenvalue weighted by Crippen LogP contribution is 2.05. The van der Waals surface area contributed by atoms with Gasteiger partial charge in [-0.15, -0.1) is 0 Å². The zero-order valence-electron chi connectivity index (χ0n) is 9.74. The molecular weight excluding hydrogens is 196 g/mol. The molecule has 15 heavy (non-hydrogen) atoms. The smallest absolute Gasteiger partial charge is 0.329 e. The Labute approximate surface area is 90.4 Å². The first-order valence-electron chi connectivity index (χ1n) is 5.08. The molecule has 0 aromatic rings. The maximum Gasteiger partial charge on any atom is 0.329 e. The van der Waals surface area contributed by atoms with Gasteiger partial charge in [0.25, 0.3) is 0 Å². The Morgan fingerprint density at radius 3 is 2.13 bits per heavy atom. The van der Waals surface area contributed by atoms with Gasteiger partial charge in [-0.25, -0.2) is 4.79 Å². The van der Waals surface area contributed by atoms with Crippen LogP contribution in [0, 0.1) is 5.92 Å². The number of carbonyl (C=O) groups excluding carboxylic acids is 2. The van der Waals surface area contributed by atoms with Gasteiger partial charge in [-0.1, -0.05) is 13.8 Å². The highest BCUT2D eigenvalue weighted by molar-refractivity contribution is 5.85. The summed E-state index contributed by atoms with van der Waals surface area (Å²) in [6, 6.07) is -0.622. The number of esters is 1. The van der Waals surface area contributed by atoms with Crippen LogP contribution in [0.3, 0.4) is 0 Å². The van der Waals surface area contributed by atoms with Crippen LogP contribution in [-0.2, 0) is 14.3 Å². The first-order chi connectivity index (χ1) is 6.88. The average Bonchev–Trinajstić information content (AvgIpc) is 2.11. The number of hydrogen-bond donors (Lipinski definition) is 2. The number of ether oxygens (including phenoxy) is 1. The maximum absolute atomic E-state index is 11.6. The summed E-state index contributed by atoms with van der Waals surface area (Å²) >= 11 is 0. The summed E-state index contributed by atoms with van der Waals surface area (Å²) in [7, 11) is 0. The molecule has 0 unspecified atom stereocenters. The van der Waals surface area contributed by atoms with E-state index in [0.717, 1.165) is 0 Å². The molecule has 0 aromatic carbocycles. The van der Waals surface area contributed by atoms with Gasteiger partial charge in [0.15, 0.2) is 0 Å². The fourth-order valence-corrected chi connectivity index (χ4v) is 1.04. The standard InChI is InChI=1S/C10H20N2O3/c1-6(2)9(12-8(13)5-11)10(14)15-7(3)4/h6-7,9H,5,11H2,1-4H3,(H,12,13)/t9-/m0/s1. The quantitative estimate of drug-likeness (QED) is 0.636. The normalized spacial score (nSPS) is 12.7. The lowest BCUT2D eigenvalue weighted by Gasteiger charge is -2.21. The van der Waals surface area contributed by atoms with Crippen LogP contribution in [0.2, 0.25) is 0 Å². The molecule has 1 amide bonds. The van der Waals surface area contributed by atoms with Crippen LogP contribution in [0.1, 0.15) is 27.7 Å². The van der Waals surface area contributed by atoms with E-state index in [2.05, 4.69) is 5.32 Å². The summed E-state index contributed by atoms with van der Waals surface area (Å²) in [6.07, 6.45) is -0.187. The van der Waals surface area contributed by atoms with Crippen molar-refractivity contribution < 1.29 is 14.3 Å². The predicted molar refractivity (Wildman–Crippen MR) is 57.1 cm³/mol. The molecule has 0 fully saturated rings. The van der Waals surface area contributed by atoms with Crippen LogP contribution < -0.4 is 11.1 Å². The van der Waals surface area contributed by atoms with Gasteiger partial charge in [-0.05, 0) is 19.8 Å². The second kappa shape index (κ2) is 6.40. The number of nitrogens with one attached hydrogen (secondary N) is 1. The van der Waals surface area contributed by atoms with E-state index in [4.69, 9.17) is 10.5 Å². The van der Waals surface area contributed by atoms with E-state index in [1.54, 1.807) is 13.8 Å². The van der Waals surface area contributed by atoms with Crippen molar-refractivity contribution in [1.29, 1.82) is 0 Å². The van der Waals surface area contributed by atoms with Crippen LogP contribution >= 0.6 is 0 Å². The van der Waals surface area contributed by atoms with Gasteiger partial charge in [0.2, 0.25) is 5.91 Å². The van der Waals surface area contributed by atoms with E-state index in [0.29, 0.717) is 0 Å². The van der Waals surface area contributed by atoms with Crippen molar-refractivity contribution >= 4 is 11.9 Å². The molecule has 1 atom stereocenters. The summed E-state index contributed by atoms with van der Waals surface area (Å²) in [6.45, 7) is 7.07. The second-order valence-corrected chi connectivity index (χ2v) is 3.98. The molecule has 0 heterocycles. The lowest BCUT2D eigenvalue weighted by Crippen LogP contribution is -2.47. The fourth-order valence-electron chi connectivity index (χ4n) is 1.04. The Hall–Kier alpha value is -1.10. The largest absolute Gasteiger partial charge is 0.461 e. The summed E-state index contributed by atoms with van der Waals surface area (Å²) in [5, 5.41) is 2.53. The van der Waals surface area contributed by atoms with Gasteiger partial charge in [0.1, 0.15) is 6.04 Å². The van der Waals surface area contributed by atoms with Gasteiger partial charge < -0.3 is 15.8 Å². The molecule has 0 aliphatic carbocycles. The topological polar surface area (TPSA) is 81.4 Å². The number of rotatable bonds is 5. The van der Waals surface area contributed by atoms with E-state index >= 15 is 0 Å². The Morgan fingerprint density at radius 2 is 1.80 bits per heavy atom. The SMILES string of the molecule is CC(C)OC(=O)[C@@H](NC(=O)CN)C(C)C. The van der Waals surface area contributed by atoms with E-state index in [-0.39, 0.29) is 24.5 Å². The third-order valence-electron chi connectivity index (χ3n) is 1.77. The van der Waals surface area contributed by atoms with Crippen molar-refractivity contribution in [1.82, 2.24) is 5.32 Å². The summed E-state index contributed by atoms with van der Waals surface area (Å²) < 4.78 is 5.02.